The van der Waals surface area contributed by atoms with Gasteiger partial charge in [-0.25, -0.2) is 9.40 Å². The maximum atomic E-state index is 13.0. The van der Waals surface area contributed by atoms with Gasteiger partial charge in [-0.3, -0.25) is 5.84 Å². The summed E-state index contributed by atoms with van der Waals surface area (Å²) < 4.78 is 13.0. The van der Waals surface area contributed by atoms with Crippen molar-refractivity contribution in [2.75, 3.05) is 12.8 Å². The van der Waals surface area contributed by atoms with E-state index in [1.54, 1.807) is 24.2 Å². The first-order valence-corrected chi connectivity index (χ1v) is 5.66. The van der Waals surface area contributed by atoms with E-state index in [0.29, 0.717) is 5.69 Å². The van der Waals surface area contributed by atoms with E-state index in [4.69, 9.17) is 11.6 Å². The molecule has 0 saturated carbocycles. The van der Waals surface area contributed by atoms with Crippen molar-refractivity contribution in [3.63, 3.8) is 0 Å². The van der Waals surface area contributed by atoms with E-state index in [0.717, 1.165) is 11.1 Å². The van der Waals surface area contributed by atoms with Gasteiger partial charge in [0.25, 0.3) is 0 Å². The van der Waals surface area contributed by atoms with Gasteiger partial charge in [0, 0.05) is 12.7 Å². The zero-order chi connectivity index (χ0) is 13.1. The van der Waals surface area contributed by atoms with Gasteiger partial charge in [-0.15, -0.1) is 0 Å². The highest BCUT2D eigenvalue weighted by atomic mass is 19.1. The summed E-state index contributed by atoms with van der Waals surface area (Å²) in [6.45, 7) is 0. The van der Waals surface area contributed by atoms with E-state index in [1.807, 2.05) is 24.3 Å². The standard InChI is InChI=1S/C14H16FN3/c1-18(17)14(10-5-7-12(15)8-6-10)11-3-2-4-13(16)9-11/h2-9,14H,16-17H2,1H3. The minimum absolute atomic E-state index is 0.144. The topological polar surface area (TPSA) is 55.3 Å². The van der Waals surface area contributed by atoms with Gasteiger partial charge < -0.3 is 5.73 Å². The SMILES string of the molecule is CN(N)C(c1ccc(F)cc1)c1cccc(N)c1. The predicted octanol–water partition coefficient (Wildman–Crippen LogP) is 2.30. The minimum atomic E-state index is -0.259. The molecule has 0 amide bonds. The average Bonchev–Trinajstić information content (AvgIpc) is 2.32. The quantitative estimate of drug-likeness (QED) is 0.495. The molecule has 0 spiro atoms. The fourth-order valence-corrected chi connectivity index (χ4v) is 2.04. The summed E-state index contributed by atoms with van der Waals surface area (Å²) in [7, 11) is 1.78. The highest BCUT2D eigenvalue weighted by molar-refractivity contribution is 5.44. The average molecular weight is 245 g/mol. The molecule has 0 fully saturated rings. The number of hydrogen-bond acceptors (Lipinski definition) is 3. The third-order valence-electron chi connectivity index (χ3n) is 2.82. The maximum Gasteiger partial charge on any atom is 0.123 e. The Labute approximate surface area is 106 Å². The van der Waals surface area contributed by atoms with Gasteiger partial charge in [0.15, 0.2) is 0 Å². The molecule has 94 valence electrons. The Hall–Kier alpha value is -1.91. The number of nitrogens with two attached hydrogens (primary N) is 2. The number of hydrazine groups is 1. The number of anilines is 1. The fraction of sp³-hybridized carbons (Fsp3) is 0.143. The van der Waals surface area contributed by atoms with Crippen LogP contribution in [0, 0.1) is 5.82 Å². The lowest BCUT2D eigenvalue weighted by molar-refractivity contribution is 0.289. The summed E-state index contributed by atoms with van der Waals surface area (Å²) >= 11 is 0. The summed E-state index contributed by atoms with van der Waals surface area (Å²) in [5.41, 5.74) is 8.36. The molecule has 0 aliphatic rings. The van der Waals surface area contributed by atoms with Gasteiger partial charge in [0.2, 0.25) is 0 Å². The van der Waals surface area contributed by atoms with Crippen LogP contribution in [-0.4, -0.2) is 12.1 Å². The van der Waals surface area contributed by atoms with Gasteiger partial charge in [-0.1, -0.05) is 24.3 Å². The van der Waals surface area contributed by atoms with Crippen LogP contribution in [0.25, 0.3) is 0 Å². The van der Waals surface area contributed by atoms with Crippen LogP contribution in [0.3, 0.4) is 0 Å². The van der Waals surface area contributed by atoms with Crippen molar-refractivity contribution in [2.45, 2.75) is 6.04 Å². The number of benzene rings is 2. The van der Waals surface area contributed by atoms with E-state index in [-0.39, 0.29) is 11.9 Å². The largest absolute Gasteiger partial charge is 0.399 e. The third-order valence-corrected chi connectivity index (χ3v) is 2.82. The molecule has 0 aliphatic carbocycles. The van der Waals surface area contributed by atoms with Crippen LogP contribution in [0.15, 0.2) is 48.5 Å². The molecular formula is C14H16FN3. The summed E-state index contributed by atoms with van der Waals surface area (Å²) in [5.74, 6) is 5.63. The van der Waals surface area contributed by atoms with Crippen molar-refractivity contribution in [3.05, 3.63) is 65.5 Å². The summed E-state index contributed by atoms with van der Waals surface area (Å²) in [6.07, 6.45) is 0. The van der Waals surface area contributed by atoms with Crippen molar-refractivity contribution < 1.29 is 4.39 Å². The van der Waals surface area contributed by atoms with Crippen LogP contribution in [0.4, 0.5) is 10.1 Å². The first-order chi connectivity index (χ1) is 8.58. The van der Waals surface area contributed by atoms with Crippen LogP contribution in [0.5, 0.6) is 0 Å². The van der Waals surface area contributed by atoms with Crippen molar-refractivity contribution in [3.8, 4) is 0 Å². The molecular weight excluding hydrogens is 229 g/mol. The van der Waals surface area contributed by atoms with Gasteiger partial charge in [0.05, 0.1) is 6.04 Å². The lowest BCUT2D eigenvalue weighted by Crippen LogP contribution is -2.31. The van der Waals surface area contributed by atoms with E-state index < -0.39 is 0 Å². The second kappa shape index (κ2) is 5.16. The molecule has 1 atom stereocenters. The van der Waals surface area contributed by atoms with E-state index in [9.17, 15) is 4.39 Å². The molecule has 3 nitrogen and oxygen atoms in total. The summed E-state index contributed by atoms with van der Waals surface area (Å²) in [6, 6.07) is 13.7. The molecule has 0 heterocycles. The molecule has 2 aromatic carbocycles. The monoisotopic (exact) mass is 245 g/mol. The molecule has 4 N–H and O–H groups in total. The van der Waals surface area contributed by atoms with Crippen LogP contribution in [-0.2, 0) is 0 Å². The fourth-order valence-electron chi connectivity index (χ4n) is 2.04. The van der Waals surface area contributed by atoms with Gasteiger partial charge in [-0.05, 0) is 35.4 Å². The van der Waals surface area contributed by atoms with E-state index in [2.05, 4.69) is 0 Å². The van der Waals surface area contributed by atoms with Crippen LogP contribution >= 0.6 is 0 Å². The first-order valence-electron chi connectivity index (χ1n) is 5.66. The second-order valence-corrected chi connectivity index (χ2v) is 4.29. The Morgan fingerprint density at radius 3 is 2.28 bits per heavy atom. The maximum absolute atomic E-state index is 13.0. The molecule has 0 bridgehead atoms. The van der Waals surface area contributed by atoms with E-state index in [1.165, 1.54) is 12.1 Å². The zero-order valence-electron chi connectivity index (χ0n) is 10.2. The number of hydrogen-bond donors (Lipinski definition) is 2. The Morgan fingerprint density at radius 1 is 1.06 bits per heavy atom. The second-order valence-electron chi connectivity index (χ2n) is 4.29. The lowest BCUT2D eigenvalue weighted by Gasteiger charge is -2.25. The van der Waals surface area contributed by atoms with Gasteiger partial charge >= 0.3 is 0 Å². The molecule has 1 unspecified atom stereocenters. The Kier molecular flexibility index (Phi) is 3.60. The van der Waals surface area contributed by atoms with Gasteiger partial charge in [-0.2, -0.15) is 0 Å². The third kappa shape index (κ3) is 2.67. The number of halogens is 1. The van der Waals surface area contributed by atoms with Crippen molar-refractivity contribution in [2.24, 2.45) is 5.84 Å². The molecule has 4 heteroatoms. The normalized spacial score (nSPS) is 12.7. The molecule has 0 saturated heterocycles. The number of rotatable bonds is 3. The first kappa shape index (κ1) is 12.5. The Balaban J connectivity index is 2.43. The van der Waals surface area contributed by atoms with Crippen LogP contribution < -0.4 is 11.6 Å². The molecule has 0 aromatic heterocycles. The van der Waals surface area contributed by atoms with E-state index >= 15 is 0 Å². The van der Waals surface area contributed by atoms with Crippen molar-refractivity contribution >= 4 is 5.69 Å². The van der Waals surface area contributed by atoms with Crippen molar-refractivity contribution in [1.29, 1.82) is 0 Å². The highest BCUT2D eigenvalue weighted by Gasteiger charge is 2.17. The van der Waals surface area contributed by atoms with Crippen LogP contribution in [0.1, 0.15) is 17.2 Å². The molecule has 2 rings (SSSR count). The number of nitrogen functional groups attached to an aromatic ring is 1. The lowest BCUT2D eigenvalue weighted by atomic mass is 9.98. The Morgan fingerprint density at radius 2 is 1.72 bits per heavy atom. The minimum Gasteiger partial charge on any atom is -0.399 e. The van der Waals surface area contributed by atoms with Gasteiger partial charge in [0.1, 0.15) is 5.82 Å². The predicted molar refractivity (Wildman–Crippen MR) is 71.0 cm³/mol. The Bertz CT molecular complexity index is 523. The highest BCUT2D eigenvalue weighted by Crippen LogP contribution is 2.26. The molecule has 2 aromatic rings. The summed E-state index contributed by atoms with van der Waals surface area (Å²) in [4.78, 5) is 0. The summed E-state index contributed by atoms with van der Waals surface area (Å²) in [5, 5.41) is 1.59. The number of nitrogens with zero attached hydrogens (tertiary/aromatic N) is 1. The molecule has 0 aliphatic heterocycles. The van der Waals surface area contributed by atoms with Crippen molar-refractivity contribution in [1.82, 2.24) is 5.01 Å². The zero-order valence-corrected chi connectivity index (χ0v) is 10.2. The molecule has 18 heavy (non-hydrogen) atoms. The van der Waals surface area contributed by atoms with Crippen LogP contribution in [0.2, 0.25) is 0 Å². The molecule has 0 radical (unpaired) electrons. The smallest absolute Gasteiger partial charge is 0.123 e.